The predicted octanol–water partition coefficient (Wildman–Crippen LogP) is 3.93. The fourth-order valence-electron chi connectivity index (χ4n) is 2.44. The molecule has 0 aliphatic carbocycles. The van der Waals surface area contributed by atoms with E-state index in [1.165, 1.54) is 12.1 Å². The number of guanidine groups is 1. The lowest BCUT2D eigenvalue weighted by Gasteiger charge is -2.12. The van der Waals surface area contributed by atoms with Gasteiger partial charge in [-0.05, 0) is 55.0 Å². The number of amides is 1. The average molecular weight is 362 g/mol. The van der Waals surface area contributed by atoms with Gasteiger partial charge in [0.25, 0.3) is 5.91 Å². The molecule has 2 N–H and O–H groups in total. The number of hydrogen-bond acceptors (Lipinski definition) is 3. The molecule has 0 aliphatic rings. The smallest absolute Gasteiger partial charge is 0.257 e. The molecule has 3 rings (SSSR count). The molecule has 2 aromatic carbocycles. The van der Waals surface area contributed by atoms with Gasteiger partial charge in [0.05, 0.1) is 6.54 Å². The first-order chi connectivity index (χ1) is 13.1. The van der Waals surface area contributed by atoms with E-state index in [1.807, 2.05) is 31.2 Å². The molecule has 27 heavy (non-hydrogen) atoms. The number of benzene rings is 2. The first-order valence-electron chi connectivity index (χ1n) is 8.44. The van der Waals surface area contributed by atoms with Crippen LogP contribution in [0.5, 0.6) is 0 Å². The highest BCUT2D eigenvalue weighted by atomic mass is 19.1. The number of rotatable bonds is 4. The van der Waals surface area contributed by atoms with E-state index in [1.54, 1.807) is 36.7 Å². The number of carbonyl (C=O) groups excluding carboxylic acids is 1. The number of nitrogens with one attached hydrogen (secondary N) is 2. The third-order valence-corrected chi connectivity index (χ3v) is 3.77. The fourth-order valence-corrected chi connectivity index (χ4v) is 2.44. The molecule has 0 aliphatic heterocycles. The summed E-state index contributed by atoms with van der Waals surface area (Å²) in [5.41, 5.74) is 2.94. The molecular weight excluding hydrogens is 343 g/mol. The van der Waals surface area contributed by atoms with Crippen LogP contribution >= 0.6 is 0 Å². The second-order valence-electron chi connectivity index (χ2n) is 5.98. The Balaban J connectivity index is 1.81. The largest absolute Gasteiger partial charge is 0.326 e. The van der Waals surface area contributed by atoms with E-state index in [0.29, 0.717) is 17.8 Å². The van der Waals surface area contributed by atoms with Crippen LogP contribution in [0.15, 0.2) is 78.0 Å². The minimum atomic E-state index is -0.376. The van der Waals surface area contributed by atoms with Crippen molar-refractivity contribution in [3.8, 4) is 0 Å². The zero-order valence-corrected chi connectivity index (χ0v) is 14.8. The Morgan fingerprint density at radius 3 is 2.59 bits per heavy atom. The summed E-state index contributed by atoms with van der Waals surface area (Å²) in [7, 11) is 0. The molecule has 0 bridgehead atoms. The summed E-state index contributed by atoms with van der Waals surface area (Å²) in [6.07, 6.45) is 3.35. The lowest BCUT2D eigenvalue weighted by molar-refractivity contribution is 0.0977. The van der Waals surface area contributed by atoms with Gasteiger partial charge >= 0.3 is 0 Å². The third kappa shape index (κ3) is 5.47. The van der Waals surface area contributed by atoms with E-state index in [4.69, 9.17) is 0 Å². The van der Waals surface area contributed by atoms with Crippen LogP contribution in [0.25, 0.3) is 0 Å². The number of nitrogens with zero attached hydrogens (tertiary/aromatic N) is 2. The first-order valence-corrected chi connectivity index (χ1v) is 8.44. The van der Waals surface area contributed by atoms with E-state index < -0.39 is 0 Å². The lowest BCUT2D eigenvalue weighted by Crippen LogP contribution is -2.36. The van der Waals surface area contributed by atoms with Crippen LogP contribution in [0.3, 0.4) is 0 Å². The summed E-state index contributed by atoms with van der Waals surface area (Å²) < 4.78 is 13.5. The quantitative estimate of drug-likeness (QED) is 0.546. The SMILES string of the molecule is Cc1cccc(C(=O)NC(=NCc2ccncc2)Nc2cccc(F)c2)c1. The third-order valence-electron chi connectivity index (χ3n) is 3.77. The molecule has 5 nitrogen and oxygen atoms in total. The number of halogens is 1. The van der Waals surface area contributed by atoms with Crippen molar-refractivity contribution in [1.82, 2.24) is 10.3 Å². The van der Waals surface area contributed by atoms with Crippen molar-refractivity contribution >= 4 is 17.6 Å². The Bertz CT molecular complexity index is 957. The Morgan fingerprint density at radius 2 is 1.85 bits per heavy atom. The molecule has 0 spiro atoms. The Hall–Kier alpha value is -3.54. The van der Waals surface area contributed by atoms with Crippen LogP contribution in [0.4, 0.5) is 10.1 Å². The first kappa shape index (κ1) is 18.3. The number of aliphatic imine (C=N–C) groups is 1. The van der Waals surface area contributed by atoms with E-state index in [9.17, 15) is 9.18 Å². The number of aromatic nitrogens is 1. The van der Waals surface area contributed by atoms with E-state index >= 15 is 0 Å². The van der Waals surface area contributed by atoms with Crippen LogP contribution in [0, 0.1) is 12.7 Å². The fraction of sp³-hybridized carbons (Fsp3) is 0.0952. The predicted molar refractivity (Wildman–Crippen MR) is 104 cm³/mol. The summed E-state index contributed by atoms with van der Waals surface area (Å²) in [6.45, 7) is 2.26. The Kier molecular flexibility index (Phi) is 5.89. The maximum absolute atomic E-state index is 13.5. The average Bonchev–Trinajstić information content (AvgIpc) is 2.67. The van der Waals surface area contributed by atoms with Crippen LogP contribution in [0.2, 0.25) is 0 Å². The summed E-state index contributed by atoms with van der Waals surface area (Å²) >= 11 is 0. The summed E-state index contributed by atoms with van der Waals surface area (Å²) in [5, 5.41) is 5.73. The van der Waals surface area contributed by atoms with Crippen LogP contribution < -0.4 is 10.6 Å². The van der Waals surface area contributed by atoms with Crippen molar-refractivity contribution in [2.75, 3.05) is 5.32 Å². The van der Waals surface area contributed by atoms with Crippen molar-refractivity contribution in [2.45, 2.75) is 13.5 Å². The molecular formula is C21H19FN4O. The van der Waals surface area contributed by atoms with Crippen LogP contribution in [-0.4, -0.2) is 16.9 Å². The number of anilines is 1. The maximum atomic E-state index is 13.5. The molecule has 0 unspecified atom stereocenters. The summed E-state index contributed by atoms with van der Waals surface area (Å²) in [4.78, 5) is 21.0. The number of hydrogen-bond donors (Lipinski definition) is 2. The molecule has 1 aromatic heterocycles. The molecule has 0 saturated carbocycles. The lowest BCUT2D eigenvalue weighted by atomic mass is 10.1. The standard InChI is InChI=1S/C21H19FN4O/c1-15-4-2-5-17(12-15)20(27)26-21(24-14-16-8-10-23-11-9-16)25-19-7-3-6-18(22)13-19/h2-13H,14H2,1H3,(H2,24,25,26,27). The van der Waals surface area contributed by atoms with Crippen molar-refractivity contribution < 1.29 is 9.18 Å². The molecule has 0 atom stereocenters. The zero-order valence-electron chi connectivity index (χ0n) is 14.8. The van der Waals surface area contributed by atoms with Crippen molar-refractivity contribution in [1.29, 1.82) is 0 Å². The highest BCUT2D eigenvalue weighted by Crippen LogP contribution is 2.10. The van der Waals surface area contributed by atoms with Gasteiger partial charge in [0.2, 0.25) is 5.96 Å². The van der Waals surface area contributed by atoms with Gasteiger partial charge < -0.3 is 5.32 Å². The van der Waals surface area contributed by atoms with E-state index in [-0.39, 0.29) is 17.7 Å². The minimum absolute atomic E-state index is 0.240. The molecule has 0 saturated heterocycles. The number of carbonyl (C=O) groups is 1. The van der Waals surface area contributed by atoms with Gasteiger partial charge in [0, 0.05) is 23.6 Å². The second kappa shape index (κ2) is 8.71. The van der Waals surface area contributed by atoms with Crippen LogP contribution in [-0.2, 0) is 6.54 Å². The van der Waals surface area contributed by atoms with Crippen molar-refractivity contribution in [3.63, 3.8) is 0 Å². The number of pyridine rings is 1. The summed E-state index contributed by atoms with van der Waals surface area (Å²) in [5.74, 6) is -0.432. The van der Waals surface area contributed by atoms with Gasteiger partial charge in [0.1, 0.15) is 5.82 Å². The molecule has 1 amide bonds. The Labute approximate surface area is 157 Å². The topological polar surface area (TPSA) is 66.4 Å². The van der Waals surface area contributed by atoms with Crippen molar-refractivity contribution in [3.05, 3.63) is 95.6 Å². The molecule has 6 heteroatoms. The zero-order chi connectivity index (χ0) is 19.1. The van der Waals surface area contributed by atoms with Gasteiger partial charge in [-0.2, -0.15) is 0 Å². The molecule has 3 aromatic rings. The number of aryl methyl sites for hydroxylation is 1. The highest BCUT2D eigenvalue weighted by molar-refractivity contribution is 6.10. The molecule has 0 radical (unpaired) electrons. The van der Waals surface area contributed by atoms with Gasteiger partial charge in [-0.1, -0.05) is 23.8 Å². The van der Waals surface area contributed by atoms with Gasteiger partial charge in [0.15, 0.2) is 0 Å². The van der Waals surface area contributed by atoms with Gasteiger partial charge in [-0.3, -0.25) is 15.1 Å². The van der Waals surface area contributed by atoms with Gasteiger partial charge in [-0.15, -0.1) is 0 Å². The molecule has 0 fully saturated rings. The van der Waals surface area contributed by atoms with E-state index in [2.05, 4.69) is 20.6 Å². The van der Waals surface area contributed by atoms with E-state index in [0.717, 1.165) is 11.1 Å². The maximum Gasteiger partial charge on any atom is 0.257 e. The highest BCUT2D eigenvalue weighted by Gasteiger charge is 2.10. The molecule has 136 valence electrons. The van der Waals surface area contributed by atoms with Gasteiger partial charge in [-0.25, -0.2) is 9.38 Å². The van der Waals surface area contributed by atoms with Crippen molar-refractivity contribution in [2.24, 2.45) is 4.99 Å². The second-order valence-corrected chi connectivity index (χ2v) is 5.98. The molecule has 1 heterocycles. The minimum Gasteiger partial charge on any atom is -0.326 e. The van der Waals surface area contributed by atoms with Crippen LogP contribution in [0.1, 0.15) is 21.5 Å². The monoisotopic (exact) mass is 362 g/mol. The Morgan fingerprint density at radius 1 is 1.07 bits per heavy atom. The summed E-state index contributed by atoms with van der Waals surface area (Å²) in [6, 6.07) is 16.9. The normalized spacial score (nSPS) is 11.1.